The molecule has 1 aliphatic rings. The number of imidazole rings is 1. The summed E-state index contributed by atoms with van der Waals surface area (Å²) in [6, 6.07) is 15.2. The van der Waals surface area contributed by atoms with Gasteiger partial charge in [0.05, 0.1) is 15.9 Å². The van der Waals surface area contributed by atoms with Crippen LogP contribution in [-0.4, -0.2) is 84.8 Å². The highest BCUT2D eigenvalue weighted by Crippen LogP contribution is 2.22. The lowest BCUT2D eigenvalue weighted by atomic mass is 10.2. The van der Waals surface area contributed by atoms with E-state index >= 15 is 0 Å². The highest BCUT2D eigenvalue weighted by atomic mass is 32.2. The molecule has 1 aliphatic heterocycles. The van der Waals surface area contributed by atoms with Gasteiger partial charge in [0.25, 0.3) is 0 Å². The maximum absolute atomic E-state index is 12.8. The van der Waals surface area contributed by atoms with Gasteiger partial charge in [0.2, 0.25) is 15.9 Å². The van der Waals surface area contributed by atoms with Gasteiger partial charge in [-0.2, -0.15) is 0 Å². The number of amides is 1. The minimum Gasteiger partial charge on any atom is -0.340 e. The summed E-state index contributed by atoms with van der Waals surface area (Å²) in [5, 5.41) is 0. The molecule has 2 heterocycles. The monoisotopic (exact) mass is 495 g/mol. The Morgan fingerprint density at radius 1 is 1.06 bits per heavy atom. The molecule has 0 aliphatic carbocycles. The van der Waals surface area contributed by atoms with Gasteiger partial charge < -0.3 is 9.47 Å². The van der Waals surface area contributed by atoms with E-state index in [9.17, 15) is 13.2 Å². The standard InChI is InChI=1S/C26H33N5O3S/c1-28(2)35(33,34)22-11-12-24-23(20-22)27-25(29(24)3)13-14-26(32)31-18-16-30(17-19-31)15-7-10-21-8-5-4-6-9-21/h4-12,20H,13-19H2,1-3H3. The van der Waals surface area contributed by atoms with Crippen molar-refractivity contribution in [3.63, 3.8) is 0 Å². The van der Waals surface area contributed by atoms with Crippen LogP contribution in [0.5, 0.6) is 0 Å². The van der Waals surface area contributed by atoms with Gasteiger partial charge >= 0.3 is 0 Å². The van der Waals surface area contributed by atoms with E-state index in [0.29, 0.717) is 18.4 Å². The van der Waals surface area contributed by atoms with E-state index in [2.05, 4.69) is 34.2 Å². The van der Waals surface area contributed by atoms with E-state index in [4.69, 9.17) is 0 Å². The molecular weight excluding hydrogens is 462 g/mol. The van der Waals surface area contributed by atoms with Gasteiger partial charge in [-0.15, -0.1) is 0 Å². The summed E-state index contributed by atoms with van der Waals surface area (Å²) in [6.45, 7) is 4.06. The predicted octanol–water partition coefficient (Wildman–Crippen LogP) is 2.61. The van der Waals surface area contributed by atoms with Crippen LogP contribution in [0.15, 0.2) is 59.5 Å². The zero-order valence-electron chi connectivity index (χ0n) is 20.6. The first-order valence-electron chi connectivity index (χ1n) is 11.9. The number of sulfonamides is 1. The maximum atomic E-state index is 12.8. The highest BCUT2D eigenvalue weighted by molar-refractivity contribution is 7.89. The van der Waals surface area contributed by atoms with Gasteiger partial charge in [0.15, 0.2) is 0 Å². The molecule has 1 aromatic heterocycles. The van der Waals surface area contributed by atoms with Crippen molar-refractivity contribution in [2.45, 2.75) is 17.7 Å². The molecule has 3 aromatic rings. The van der Waals surface area contributed by atoms with E-state index in [-0.39, 0.29) is 10.8 Å². The summed E-state index contributed by atoms with van der Waals surface area (Å²) in [5.41, 5.74) is 2.66. The third kappa shape index (κ3) is 5.80. The van der Waals surface area contributed by atoms with Gasteiger partial charge in [-0.3, -0.25) is 9.69 Å². The molecule has 0 unspecified atom stereocenters. The van der Waals surface area contributed by atoms with Gasteiger partial charge in [-0.25, -0.2) is 17.7 Å². The summed E-state index contributed by atoms with van der Waals surface area (Å²) in [6.07, 6.45) is 5.20. The van der Waals surface area contributed by atoms with Crippen molar-refractivity contribution in [3.05, 3.63) is 66.0 Å². The molecule has 4 rings (SSSR count). The molecule has 9 heteroatoms. The summed E-state index contributed by atoms with van der Waals surface area (Å²) < 4.78 is 28.0. The van der Waals surface area contributed by atoms with Crippen LogP contribution < -0.4 is 0 Å². The van der Waals surface area contributed by atoms with Crippen molar-refractivity contribution in [2.75, 3.05) is 46.8 Å². The first-order chi connectivity index (χ1) is 16.8. The largest absolute Gasteiger partial charge is 0.340 e. The molecule has 2 aromatic carbocycles. The van der Waals surface area contributed by atoms with E-state index in [1.165, 1.54) is 24.0 Å². The zero-order chi connectivity index (χ0) is 25.0. The Labute approximate surface area is 207 Å². The molecule has 1 fully saturated rings. The van der Waals surface area contributed by atoms with Crippen molar-refractivity contribution in [1.82, 2.24) is 23.7 Å². The van der Waals surface area contributed by atoms with Gasteiger partial charge in [0.1, 0.15) is 5.82 Å². The number of carbonyl (C=O) groups excluding carboxylic acids is 1. The van der Waals surface area contributed by atoms with E-state index in [1.807, 2.05) is 34.7 Å². The van der Waals surface area contributed by atoms with Crippen LogP contribution in [-0.2, 0) is 28.3 Å². The van der Waals surface area contributed by atoms with Crippen molar-refractivity contribution in [3.8, 4) is 0 Å². The lowest BCUT2D eigenvalue weighted by molar-refractivity contribution is -0.132. The third-order valence-electron chi connectivity index (χ3n) is 6.48. The average molecular weight is 496 g/mol. The van der Waals surface area contributed by atoms with Crippen molar-refractivity contribution >= 4 is 33.0 Å². The second-order valence-electron chi connectivity index (χ2n) is 9.02. The van der Waals surface area contributed by atoms with Gasteiger partial charge in [-0.05, 0) is 23.8 Å². The molecule has 0 bridgehead atoms. The molecule has 0 atom stereocenters. The van der Waals surface area contributed by atoms with E-state index in [1.54, 1.807) is 18.2 Å². The third-order valence-corrected chi connectivity index (χ3v) is 8.30. The number of benzene rings is 2. The van der Waals surface area contributed by atoms with Gasteiger partial charge in [0, 0.05) is 66.7 Å². The summed E-state index contributed by atoms with van der Waals surface area (Å²) in [4.78, 5) is 22.0. The molecule has 8 nitrogen and oxygen atoms in total. The first kappa shape index (κ1) is 25.1. The molecule has 186 valence electrons. The van der Waals surface area contributed by atoms with Crippen molar-refractivity contribution in [2.24, 2.45) is 7.05 Å². The second kappa shape index (κ2) is 10.7. The topological polar surface area (TPSA) is 78.8 Å². The Kier molecular flexibility index (Phi) is 7.69. The molecule has 1 amide bonds. The molecule has 0 saturated carbocycles. The summed E-state index contributed by atoms with van der Waals surface area (Å²) in [7, 11) is 1.40. The fourth-order valence-electron chi connectivity index (χ4n) is 4.28. The molecule has 0 spiro atoms. The molecule has 1 saturated heterocycles. The van der Waals surface area contributed by atoms with Crippen molar-refractivity contribution in [1.29, 1.82) is 0 Å². The van der Waals surface area contributed by atoms with Crippen LogP contribution in [0, 0.1) is 0 Å². The molecule has 0 N–H and O–H groups in total. The lowest BCUT2D eigenvalue weighted by Crippen LogP contribution is -2.48. The number of fused-ring (bicyclic) bond motifs is 1. The number of rotatable bonds is 8. The van der Waals surface area contributed by atoms with Gasteiger partial charge in [-0.1, -0.05) is 42.5 Å². The zero-order valence-corrected chi connectivity index (χ0v) is 21.4. The van der Waals surface area contributed by atoms with Crippen LogP contribution in [0.1, 0.15) is 17.8 Å². The van der Waals surface area contributed by atoms with Crippen LogP contribution in [0.4, 0.5) is 0 Å². The quantitative estimate of drug-likeness (QED) is 0.480. The molecule has 0 radical (unpaired) electrons. The average Bonchev–Trinajstić information content (AvgIpc) is 3.18. The van der Waals surface area contributed by atoms with Crippen LogP contribution in [0.2, 0.25) is 0 Å². The smallest absolute Gasteiger partial charge is 0.242 e. The Balaban J connectivity index is 1.30. The molecule has 35 heavy (non-hydrogen) atoms. The maximum Gasteiger partial charge on any atom is 0.242 e. The van der Waals surface area contributed by atoms with Crippen molar-refractivity contribution < 1.29 is 13.2 Å². The van der Waals surface area contributed by atoms with Crippen LogP contribution in [0.3, 0.4) is 0 Å². The number of aryl methyl sites for hydroxylation is 2. The number of carbonyl (C=O) groups is 1. The lowest BCUT2D eigenvalue weighted by Gasteiger charge is -2.34. The Bertz CT molecular complexity index is 1310. The fraction of sp³-hybridized carbons (Fsp3) is 0.385. The number of aromatic nitrogens is 2. The number of nitrogens with zero attached hydrogens (tertiary/aromatic N) is 5. The molecular formula is C26H33N5O3S. The Morgan fingerprint density at radius 2 is 1.77 bits per heavy atom. The number of piperazine rings is 1. The fourth-order valence-corrected chi connectivity index (χ4v) is 5.21. The second-order valence-corrected chi connectivity index (χ2v) is 11.2. The van der Waals surface area contributed by atoms with E-state index < -0.39 is 10.0 Å². The predicted molar refractivity (Wildman–Crippen MR) is 138 cm³/mol. The minimum absolute atomic E-state index is 0.132. The number of hydrogen-bond acceptors (Lipinski definition) is 5. The highest BCUT2D eigenvalue weighted by Gasteiger charge is 2.22. The summed E-state index contributed by atoms with van der Waals surface area (Å²) in [5.74, 6) is 0.907. The Morgan fingerprint density at radius 3 is 2.46 bits per heavy atom. The first-order valence-corrected chi connectivity index (χ1v) is 13.3. The normalized spacial score (nSPS) is 15.5. The minimum atomic E-state index is -3.52. The van der Waals surface area contributed by atoms with Crippen LogP contribution >= 0.6 is 0 Å². The number of hydrogen-bond donors (Lipinski definition) is 0. The van der Waals surface area contributed by atoms with E-state index in [0.717, 1.165) is 44.1 Å². The Hall–Kier alpha value is -3.01. The van der Waals surface area contributed by atoms with Crippen LogP contribution in [0.25, 0.3) is 17.1 Å². The summed E-state index contributed by atoms with van der Waals surface area (Å²) >= 11 is 0. The SMILES string of the molecule is CN(C)S(=O)(=O)c1ccc2c(c1)nc(CCC(=O)N1CCN(CC=Cc3ccccc3)CC1)n2C.